The predicted molar refractivity (Wildman–Crippen MR) is 112 cm³/mol. The molecule has 3 aromatic rings. The molecule has 0 fully saturated rings. The highest BCUT2D eigenvalue weighted by molar-refractivity contribution is 7.98. The summed E-state index contributed by atoms with van der Waals surface area (Å²) in [5.41, 5.74) is -2.03. The van der Waals surface area contributed by atoms with E-state index in [2.05, 4.69) is 10.6 Å². The number of alkyl halides is 3. The molecule has 0 radical (unpaired) electrons. The number of nitrogens with one attached hydrogen (secondary N) is 2. The Morgan fingerprint density at radius 3 is 2.16 bits per heavy atom. The molecule has 3 rings (SSSR count). The summed E-state index contributed by atoms with van der Waals surface area (Å²) in [6.45, 7) is 0. The molecule has 2 amide bonds. The Balaban J connectivity index is 1.87. The van der Waals surface area contributed by atoms with Crippen LogP contribution in [0, 0.1) is 5.82 Å². The molecule has 0 aliphatic rings. The Kier molecular flexibility index (Phi) is 6.65. The van der Waals surface area contributed by atoms with Crippen molar-refractivity contribution in [2.75, 3.05) is 16.9 Å². The van der Waals surface area contributed by atoms with Crippen molar-refractivity contribution in [3.05, 3.63) is 89.2 Å². The average Bonchev–Trinajstić information content (AvgIpc) is 2.75. The number of hydrogen-bond acceptors (Lipinski definition) is 3. The van der Waals surface area contributed by atoms with Crippen LogP contribution in [-0.4, -0.2) is 18.1 Å². The maximum Gasteiger partial charge on any atom is 0.418 e. The van der Waals surface area contributed by atoms with Gasteiger partial charge in [-0.25, -0.2) is 4.39 Å². The summed E-state index contributed by atoms with van der Waals surface area (Å²) >= 11 is 1.12. The molecule has 0 saturated heterocycles. The monoisotopic (exact) mass is 448 g/mol. The van der Waals surface area contributed by atoms with Crippen molar-refractivity contribution in [3.8, 4) is 0 Å². The molecule has 3 aromatic carbocycles. The van der Waals surface area contributed by atoms with Crippen LogP contribution in [0.5, 0.6) is 0 Å². The van der Waals surface area contributed by atoms with Gasteiger partial charge in [-0.05, 0) is 48.7 Å². The molecule has 0 bridgehead atoms. The van der Waals surface area contributed by atoms with Gasteiger partial charge in [0.1, 0.15) is 0 Å². The first-order valence-electron chi connectivity index (χ1n) is 8.92. The summed E-state index contributed by atoms with van der Waals surface area (Å²) < 4.78 is 55.0. The molecule has 9 heteroatoms. The Hall–Kier alpha value is -3.33. The third kappa shape index (κ3) is 5.24. The summed E-state index contributed by atoms with van der Waals surface area (Å²) in [5.74, 6) is -2.72. The van der Waals surface area contributed by atoms with Crippen LogP contribution in [0.1, 0.15) is 26.3 Å². The molecule has 0 aromatic heterocycles. The first-order chi connectivity index (χ1) is 14.7. The zero-order valence-electron chi connectivity index (χ0n) is 16.1. The van der Waals surface area contributed by atoms with Crippen LogP contribution in [0.15, 0.2) is 71.6 Å². The van der Waals surface area contributed by atoms with Gasteiger partial charge in [-0.2, -0.15) is 13.2 Å². The van der Waals surface area contributed by atoms with E-state index >= 15 is 0 Å². The van der Waals surface area contributed by atoms with Crippen LogP contribution in [-0.2, 0) is 6.18 Å². The fraction of sp³-hybridized carbons (Fsp3) is 0.0909. The highest BCUT2D eigenvalue weighted by Gasteiger charge is 2.34. The van der Waals surface area contributed by atoms with Gasteiger partial charge in [-0.15, -0.1) is 11.8 Å². The van der Waals surface area contributed by atoms with Crippen LogP contribution in [0.3, 0.4) is 0 Å². The van der Waals surface area contributed by atoms with E-state index in [4.69, 9.17) is 0 Å². The topological polar surface area (TPSA) is 58.2 Å². The molecule has 0 atom stereocenters. The van der Waals surface area contributed by atoms with E-state index in [-0.39, 0.29) is 11.3 Å². The van der Waals surface area contributed by atoms with Gasteiger partial charge in [0.15, 0.2) is 5.82 Å². The fourth-order valence-electron chi connectivity index (χ4n) is 2.77. The lowest BCUT2D eigenvalue weighted by Crippen LogP contribution is -2.19. The molecule has 2 N–H and O–H groups in total. The van der Waals surface area contributed by atoms with Gasteiger partial charge in [-0.3, -0.25) is 9.59 Å². The standard InChI is InChI=1S/C22H16F4N2O2S/c1-31-14-10-11-17(16(12-14)22(24,25)26)27-21(30)15-8-5-9-18(19(15)23)28-20(29)13-6-3-2-4-7-13/h2-12H,1H3,(H,27,30)(H,28,29). The molecule has 0 unspecified atom stereocenters. The number of rotatable bonds is 5. The summed E-state index contributed by atoms with van der Waals surface area (Å²) in [7, 11) is 0. The van der Waals surface area contributed by atoms with Gasteiger partial charge in [0.25, 0.3) is 11.8 Å². The average molecular weight is 448 g/mol. The zero-order chi connectivity index (χ0) is 22.6. The molecule has 31 heavy (non-hydrogen) atoms. The third-order valence-electron chi connectivity index (χ3n) is 4.31. The maximum atomic E-state index is 14.9. The molecule has 0 aliphatic carbocycles. The largest absolute Gasteiger partial charge is 0.418 e. The lowest BCUT2D eigenvalue weighted by molar-refractivity contribution is -0.137. The van der Waals surface area contributed by atoms with E-state index in [1.54, 1.807) is 24.5 Å². The normalized spacial score (nSPS) is 11.1. The molecule has 0 spiro atoms. The van der Waals surface area contributed by atoms with Crippen molar-refractivity contribution in [1.29, 1.82) is 0 Å². The second-order valence-corrected chi connectivity index (χ2v) is 7.23. The van der Waals surface area contributed by atoms with Gasteiger partial charge in [0.05, 0.1) is 22.5 Å². The highest BCUT2D eigenvalue weighted by Crippen LogP contribution is 2.37. The van der Waals surface area contributed by atoms with Crippen LogP contribution >= 0.6 is 11.8 Å². The molecular formula is C22H16F4N2O2S. The van der Waals surface area contributed by atoms with Crippen molar-refractivity contribution in [3.63, 3.8) is 0 Å². The van der Waals surface area contributed by atoms with E-state index in [1.165, 1.54) is 30.3 Å². The molecule has 0 heterocycles. The minimum Gasteiger partial charge on any atom is -0.321 e. The number of hydrogen-bond donors (Lipinski definition) is 2. The molecule has 0 saturated carbocycles. The van der Waals surface area contributed by atoms with E-state index in [9.17, 15) is 27.2 Å². The number of thioether (sulfide) groups is 1. The highest BCUT2D eigenvalue weighted by atomic mass is 32.2. The lowest BCUT2D eigenvalue weighted by Gasteiger charge is -2.15. The van der Waals surface area contributed by atoms with E-state index in [0.717, 1.165) is 30.0 Å². The van der Waals surface area contributed by atoms with Gasteiger partial charge >= 0.3 is 6.18 Å². The SMILES string of the molecule is CSc1ccc(NC(=O)c2cccc(NC(=O)c3ccccc3)c2F)c(C(F)(F)F)c1. The summed E-state index contributed by atoms with van der Waals surface area (Å²) in [6.07, 6.45) is -3.09. The molecule has 4 nitrogen and oxygen atoms in total. The van der Waals surface area contributed by atoms with Crippen molar-refractivity contribution in [1.82, 2.24) is 0 Å². The van der Waals surface area contributed by atoms with Crippen LogP contribution < -0.4 is 10.6 Å². The minimum atomic E-state index is -4.71. The second kappa shape index (κ2) is 9.22. The van der Waals surface area contributed by atoms with E-state index in [0.29, 0.717) is 4.90 Å². The zero-order valence-corrected chi connectivity index (χ0v) is 16.9. The number of halogens is 4. The first-order valence-corrected chi connectivity index (χ1v) is 10.1. The van der Waals surface area contributed by atoms with Gasteiger partial charge < -0.3 is 10.6 Å². The Morgan fingerprint density at radius 1 is 0.839 bits per heavy atom. The number of carbonyl (C=O) groups is 2. The van der Waals surface area contributed by atoms with Crippen molar-refractivity contribution in [2.45, 2.75) is 11.1 Å². The van der Waals surface area contributed by atoms with Crippen molar-refractivity contribution < 1.29 is 27.2 Å². The van der Waals surface area contributed by atoms with Gasteiger partial charge in [-0.1, -0.05) is 24.3 Å². The van der Waals surface area contributed by atoms with E-state index in [1.807, 2.05) is 0 Å². The van der Waals surface area contributed by atoms with Crippen LogP contribution in [0.2, 0.25) is 0 Å². The summed E-state index contributed by atoms with van der Waals surface area (Å²) in [5, 5.41) is 4.48. The molecule has 160 valence electrons. The molecular weight excluding hydrogens is 432 g/mol. The van der Waals surface area contributed by atoms with Crippen molar-refractivity contribution >= 4 is 35.0 Å². The molecule has 0 aliphatic heterocycles. The minimum absolute atomic E-state index is 0.268. The predicted octanol–water partition coefficient (Wildman–Crippen LogP) is 6.07. The second-order valence-electron chi connectivity index (χ2n) is 6.35. The number of benzene rings is 3. The lowest BCUT2D eigenvalue weighted by atomic mass is 10.1. The third-order valence-corrected chi connectivity index (χ3v) is 5.03. The smallest absolute Gasteiger partial charge is 0.321 e. The van der Waals surface area contributed by atoms with E-state index < -0.39 is 40.6 Å². The Labute approximate surface area is 179 Å². The quantitative estimate of drug-likeness (QED) is 0.368. The number of carbonyl (C=O) groups excluding carboxylic acids is 2. The van der Waals surface area contributed by atoms with Crippen LogP contribution in [0.4, 0.5) is 28.9 Å². The fourth-order valence-corrected chi connectivity index (χ4v) is 3.21. The van der Waals surface area contributed by atoms with Gasteiger partial charge in [0, 0.05) is 10.5 Å². The Morgan fingerprint density at radius 2 is 1.52 bits per heavy atom. The van der Waals surface area contributed by atoms with Gasteiger partial charge in [0.2, 0.25) is 0 Å². The Bertz CT molecular complexity index is 1120. The maximum absolute atomic E-state index is 14.9. The summed E-state index contributed by atoms with van der Waals surface area (Å²) in [6, 6.07) is 15.2. The van der Waals surface area contributed by atoms with Crippen LogP contribution in [0.25, 0.3) is 0 Å². The number of anilines is 2. The van der Waals surface area contributed by atoms with Crippen molar-refractivity contribution in [2.24, 2.45) is 0 Å². The number of amides is 2. The summed E-state index contributed by atoms with van der Waals surface area (Å²) in [4.78, 5) is 25.2. The first kappa shape index (κ1) is 22.4.